The normalized spacial score (nSPS) is 63.9. The molecular formula is C9H15N. The molecule has 2 saturated carbocycles. The summed E-state index contributed by atoms with van der Waals surface area (Å²) in [5.74, 6) is 1.11. The molecule has 2 aliphatic carbocycles. The fourth-order valence-corrected chi connectivity index (χ4v) is 3.51. The summed E-state index contributed by atoms with van der Waals surface area (Å²) >= 11 is 0. The summed E-state index contributed by atoms with van der Waals surface area (Å²) in [4.78, 5) is 2.63. The van der Waals surface area contributed by atoms with Crippen molar-refractivity contribution in [3.8, 4) is 0 Å². The molecule has 3 aliphatic rings. The van der Waals surface area contributed by atoms with E-state index in [1.807, 2.05) is 0 Å². The molecular weight excluding hydrogens is 122 g/mol. The Labute approximate surface area is 62.4 Å². The summed E-state index contributed by atoms with van der Waals surface area (Å²) in [5, 5.41) is 0. The van der Waals surface area contributed by atoms with Gasteiger partial charge in [-0.2, -0.15) is 0 Å². The maximum atomic E-state index is 2.63. The molecule has 0 aromatic carbocycles. The Morgan fingerprint density at radius 3 is 2.70 bits per heavy atom. The van der Waals surface area contributed by atoms with E-state index in [0.717, 1.165) is 17.5 Å². The minimum atomic E-state index is 0.776. The molecule has 0 amide bonds. The highest BCUT2D eigenvalue weighted by atomic mass is 15.4. The van der Waals surface area contributed by atoms with Crippen molar-refractivity contribution in [2.75, 3.05) is 7.05 Å². The molecule has 0 aromatic heterocycles. The first-order chi connectivity index (χ1) is 4.86. The summed E-state index contributed by atoms with van der Waals surface area (Å²) in [6.07, 6.45) is 7.56. The molecule has 0 radical (unpaired) electrons. The fraction of sp³-hybridized carbons (Fsp3) is 1.00. The predicted octanol–water partition coefficient (Wildman–Crippen LogP) is 1.63. The van der Waals surface area contributed by atoms with Gasteiger partial charge < -0.3 is 0 Å². The topological polar surface area (TPSA) is 3.01 Å². The van der Waals surface area contributed by atoms with E-state index in [4.69, 9.17) is 0 Å². The van der Waals surface area contributed by atoms with E-state index >= 15 is 0 Å². The zero-order chi connectivity index (χ0) is 6.77. The first-order valence-electron chi connectivity index (χ1n) is 4.58. The minimum Gasteiger partial charge on any atom is -0.294 e. The van der Waals surface area contributed by atoms with Crippen LogP contribution in [0.3, 0.4) is 0 Å². The summed E-state index contributed by atoms with van der Waals surface area (Å²) in [5.41, 5.74) is 0.776. The van der Waals surface area contributed by atoms with Crippen LogP contribution in [0.25, 0.3) is 0 Å². The highest BCUT2D eigenvalue weighted by Crippen LogP contribution is 2.63. The Kier molecular flexibility index (Phi) is 0.797. The molecule has 1 aliphatic heterocycles. The van der Waals surface area contributed by atoms with Crippen molar-refractivity contribution in [2.45, 2.75) is 43.7 Å². The molecule has 1 nitrogen and oxygen atoms in total. The lowest BCUT2D eigenvalue weighted by atomic mass is 9.65. The van der Waals surface area contributed by atoms with Crippen LogP contribution >= 0.6 is 0 Å². The number of hydrogen-bond acceptors (Lipinski definition) is 1. The lowest BCUT2D eigenvalue weighted by molar-refractivity contribution is 0.145. The third kappa shape index (κ3) is 0.378. The molecule has 1 heterocycles. The zero-order valence-electron chi connectivity index (χ0n) is 6.64. The molecule has 1 saturated heterocycles. The van der Waals surface area contributed by atoms with Crippen molar-refractivity contribution < 1.29 is 0 Å². The van der Waals surface area contributed by atoms with E-state index in [1.54, 1.807) is 0 Å². The Hall–Kier alpha value is -0.0400. The number of hydrogen-bond donors (Lipinski definition) is 0. The molecule has 3 rings (SSSR count). The van der Waals surface area contributed by atoms with Crippen molar-refractivity contribution in [3.63, 3.8) is 0 Å². The summed E-state index contributed by atoms with van der Waals surface area (Å²) < 4.78 is 0. The van der Waals surface area contributed by atoms with Crippen LogP contribution in [-0.2, 0) is 0 Å². The van der Waals surface area contributed by atoms with Gasteiger partial charge in [0.05, 0.1) is 0 Å². The minimum absolute atomic E-state index is 0.776. The Bertz CT molecular complexity index is 170. The lowest BCUT2D eigenvalue weighted by Gasteiger charge is -2.40. The number of likely N-dealkylation sites (N-methyl/N-ethyl adjacent to an activating group) is 1. The average molecular weight is 137 g/mol. The van der Waals surface area contributed by atoms with Gasteiger partial charge in [-0.3, -0.25) is 4.90 Å². The van der Waals surface area contributed by atoms with Crippen LogP contribution in [0.15, 0.2) is 0 Å². The maximum Gasteiger partial charge on any atom is 0.0393 e. The van der Waals surface area contributed by atoms with E-state index < -0.39 is 0 Å². The van der Waals surface area contributed by atoms with Crippen LogP contribution in [0.4, 0.5) is 0 Å². The summed E-state index contributed by atoms with van der Waals surface area (Å²) in [6, 6.07) is 1.01. The number of likely N-dealkylation sites (tertiary alicyclic amines) is 1. The van der Waals surface area contributed by atoms with Crippen LogP contribution in [0.1, 0.15) is 32.1 Å². The molecule has 0 N–H and O–H groups in total. The fourth-order valence-electron chi connectivity index (χ4n) is 3.51. The monoisotopic (exact) mass is 137 g/mol. The van der Waals surface area contributed by atoms with E-state index in [-0.39, 0.29) is 0 Å². The van der Waals surface area contributed by atoms with Crippen molar-refractivity contribution >= 4 is 0 Å². The molecule has 10 heavy (non-hydrogen) atoms. The second-order valence-corrected chi connectivity index (χ2v) is 4.28. The number of nitrogens with zero attached hydrogens (tertiary/aromatic N) is 1. The van der Waals surface area contributed by atoms with Gasteiger partial charge in [-0.1, -0.05) is 6.42 Å². The molecule has 56 valence electrons. The van der Waals surface area contributed by atoms with Gasteiger partial charge in [0, 0.05) is 11.6 Å². The first-order valence-corrected chi connectivity index (χ1v) is 4.58. The van der Waals surface area contributed by atoms with Crippen molar-refractivity contribution in [2.24, 2.45) is 5.92 Å². The van der Waals surface area contributed by atoms with Crippen LogP contribution in [-0.4, -0.2) is 23.5 Å². The molecule has 0 aromatic rings. The van der Waals surface area contributed by atoms with E-state index in [1.165, 1.54) is 32.1 Å². The molecule has 4 atom stereocenters. The third-order valence-electron chi connectivity index (χ3n) is 4.26. The van der Waals surface area contributed by atoms with Crippen LogP contribution in [0, 0.1) is 5.92 Å². The van der Waals surface area contributed by atoms with Crippen LogP contribution in [0.5, 0.6) is 0 Å². The van der Waals surface area contributed by atoms with Crippen molar-refractivity contribution in [1.29, 1.82) is 0 Å². The summed E-state index contributed by atoms with van der Waals surface area (Å²) in [7, 11) is 2.32. The number of rotatable bonds is 0. The first kappa shape index (κ1) is 5.59. The largest absolute Gasteiger partial charge is 0.294 e. The highest BCUT2D eigenvalue weighted by Gasteiger charge is 2.69. The maximum absolute atomic E-state index is 2.63. The van der Waals surface area contributed by atoms with Gasteiger partial charge in [0.25, 0.3) is 0 Å². The molecule has 0 bridgehead atoms. The van der Waals surface area contributed by atoms with Crippen LogP contribution < -0.4 is 0 Å². The summed E-state index contributed by atoms with van der Waals surface area (Å²) in [6.45, 7) is 0. The second-order valence-electron chi connectivity index (χ2n) is 4.28. The quantitative estimate of drug-likeness (QED) is 0.459. The Balaban J connectivity index is 1.92. The van der Waals surface area contributed by atoms with Gasteiger partial charge in [0.15, 0.2) is 0 Å². The van der Waals surface area contributed by atoms with Crippen molar-refractivity contribution in [3.05, 3.63) is 0 Å². The molecule has 1 spiro atoms. The standard InChI is InChI=1S/C9H15N/c1-10-8-4-2-3-7-5-6-9(7,8)10/h7-8H,2-6H2,1H3/t7-,8?,9?,10?/m0/s1. The zero-order valence-corrected chi connectivity index (χ0v) is 6.64. The van der Waals surface area contributed by atoms with Gasteiger partial charge >= 0.3 is 0 Å². The van der Waals surface area contributed by atoms with Crippen molar-refractivity contribution in [1.82, 2.24) is 4.90 Å². The van der Waals surface area contributed by atoms with E-state index in [2.05, 4.69) is 11.9 Å². The smallest absolute Gasteiger partial charge is 0.0393 e. The van der Waals surface area contributed by atoms with Gasteiger partial charge in [-0.25, -0.2) is 0 Å². The van der Waals surface area contributed by atoms with E-state index in [9.17, 15) is 0 Å². The lowest BCUT2D eigenvalue weighted by Crippen LogP contribution is -2.41. The Morgan fingerprint density at radius 2 is 2.20 bits per heavy atom. The van der Waals surface area contributed by atoms with E-state index in [0.29, 0.717) is 0 Å². The van der Waals surface area contributed by atoms with Gasteiger partial charge in [0.2, 0.25) is 0 Å². The van der Waals surface area contributed by atoms with Gasteiger partial charge in [-0.05, 0) is 38.6 Å². The third-order valence-corrected chi connectivity index (χ3v) is 4.26. The molecule has 1 heteroatoms. The Morgan fingerprint density at radius 1 is 1.30 bits per heavy atom. The molecule has 3 fully saturated rings. The van der Waals surface area contributed by atoms with Gasteiger partial charge in [0.1, 0.15) is 0 Å². The van der Waals surface area contributed by atoms with Gasteiger partial charge in [-0.15, -0.1) is 0 Å². The SMILES string of the molecule is CN1C2CCC[C@H]3CCC231. The predicted molar refractivity (Wildman–Crippen MR) is 40.9 cm³/mol. The highest BCUT2D eigenvalue weighted by molar-refractivity contribution is 5.25. The second kappa shape index (κ2) is 1.42. The van der Waals surface area contributed by atoms with Crippen LogP contribution in [0.2, 0.25) is 0 Å². The molecule has 3 unspecified atom stereocenters. The average Bonchev–Trinajstić information content (AvgIpc) is 2.48.